The Balaban J connectivity index is 2.29. The second-order valence-electron chi connectivity index (χ2n) is 5.28. The molecule has 0 saturated carbocycles. The zero-order chi connectivity index (χ0) is 15.2. The van der Waals surface area contributed by atoms with E-state index in [4.69, 9.17) is 0 Å². The standard InChI is InChI=1S/C18H21F2N/c1-3-21-12-15(14-7-5-4-6-8-14)11-16-17(19)10-9-13(2)18(16)20/h4-10,15,21H,3,11-12H2,1-2H3. The van der Waals surface area contributed by atoms with Crippen molar-refractivity contribution in [1.29, 1.82) is 0 Å². The highest BCUT2D eigenvalue weighted by Crippen LogP contribution is 2.25. The number of likely N-dealkylation sites (N-methyl/N-ethyl adjacent to an activating group) is 1. The van der Waals surface area contributed by atoms with E-state index in [1.165, 1.54) is 12.1 Å². The second kappa shape index (κ2) is 7.32. The molecule has 0 bridgehead atoms. The largest absolute Gasteiger partial charge is 0.316 e. The van der Waals surface area contributed by atoms with Crippen molar-refractivity contribution in [1.82, 2.24) is 5.32 Å². The highest BCUT2D eigenvalue weighted by atomic mass is 19.1. The molecule has 0 radical (unpaired) electrons. The van der Waals surface area contributed by atoms with Gasteiger partial charge in [-0.3, -0.25) is 0 Å². The first kappa shape index (κ1) is 15.6. The molecule has 0 spiro atoms. The smallest absolute Gasteiger partial charge is 0.132 e. The van der Waals surface area contributed by atoms with Gasteiger partial charge in [-0.2, -0.15) is 0 Å². The zero-order valence-electron chi connectivity index (χ0n) is 12.5. The fraction of sp³-hybridized carbons (Fsp3) is 0.333. The van der Waals surface area contributed by atoms with Crippen molar-refractivity contribution in [3.63, 3.8) is 0 Å². The lowest BCUT2D eigenvalue weighted by atomic mass is 9.90. The topological polar surface area (TPSA) is 12.0 Å². The molecule has 1 N–H and O–H groups in total. The summed E-state index contributed by atoms with van der Waals surface area (Å²) < 4.78 is 28.2. The molecular weight excluding hydrogens is 268 g/mol. The van der Waals surface area contributed by atoms with E-state index in [1.807, 2.05) is 37.3 Å². The van der Waals surface area contributed by atoms with Crippen LogP contribution in [0.2, 0.25) is 0 Å². The summed E-state index contributed by atoms with van der Waals surface area (Å²) in [6.07, 6.45) is 0.357. The quantitative estimate of drug-likeness (QED) is 0.840. The van der Waals surface area contributed by atoms with Gasteiger partial charge in [-0.15, -0.1) is 0 Å². The fourth-order valence-corrected chi connectivity index (χ4v) is 2.50. The molecule has 2 rings (SSSR count). The molecule has 0 aliphatic heterocycles. The number of hydrogen-bond acceptors (Lipinski definition) is 1. The Bertz CT molecular complexity index is 581. The molecule has 1 atom stereocenters. The predicted molar refractivity (Wildman–Crippen MR) is 82.5 cm³/mol. The number of aryl methyl sites for hydroxylation is 1. The Morgan fingerprint density at radius 1 is 1.05 bits per heavy atom. The van der Waals surface area contributed by atoms with Crippen molar-refractivity contribution in [3.05, 3.63) is 70.8 Å². The van der Waals surface area contributed by atoms with Crippen molar-refractivity contribution >= 4 is 0 Å². The number of hydrogen-bond donors (Lipinski definition) is 1. The van der Waals surface area contributed by atoms with Gasteiger partial charge in [0.2, 0.25) is 0 Å². The van der Waals surface area contributed by atoms with Crippen molar-refractivity contribution < 1.29 is 8.78 Å². The number of rotatable bonds is 6. The highest BCUT2D eigenvalue weighted by Gasteiger charge is 2.18. The van der Waals surface area contributed by atoms with E-state index in [9.17, 15) is 8.78 Å². The molecule has 1 nitrogen and oxygen atoms in total. The Morgan fingerprint density at radius 2 is 1.76 bits per heavy atom. The lowest BCUT2D eigenvalue weighted by Crippen LogP contribution is -2.23. The van der Waals surface area contributed by atoms with Gasteiger partial charge in [0, 0.05) is 18.0 Å². The maximum atomic E-state index is 14.2. The Labute approximate surface area is 125 Å². The van der Waals surface area contributed by atoms with Gasteiger partial charge in [0.15, 0.2) is 0 Å². The van der Waals surface area contributed by atoms with Crippen LogP contribution in [0.3, 0.4) is 0 Å². The molecule has 0 fully saturated rings. The van der Waals surface area contributed by atoms with Gasteiger partial charge in [-0.25, -0.2) is 8.78 Å². The number of nitrogens with one attached hydrogen (secondary N) is 1. The van der Waals surface area contributed by atoms with Crippen LogP contribution in [0.25, 0.3) is 0 Å². The Hall–Kier alpha value is -1.74. The van der Waals surface area contributed by atoms with E-state index in [0.717, 1.165) is 12.1 Å². The van der Waals surface area contributed by atoms with Crippen LogP contribution in [0, 0.1) is 18.6 Å². The van der Waals surface area contributed by atoms with E-state index in [2.05, 4.69) is 5.32 Å². The molecule has 0 aromatic heterocycles. The van der Waals surface area contributed by atoms with Gasteiger partial charge in [0.05, 0.1) is 0 Å². The first-order valence-electron chi connectivity index (χ1n) is 7.32. The third-order valence-electron chi connectivity index (χ3n) is 3.74. The van der Waals surface area contributed by atoms with Crippen molar-refractivity contribution in [2.24, 2.45) is 0 Å². The van der Waals surface area contributed by atoms with Gasteiger partial charge < -0.3 is 5.32 Å². The van der Waals surface area contributed by atoms with Crippen molar-refractivity contribution in [2.45, 2.75) is 26.2 Å². The second-order valence-corrected chi connectivity index (χ2v) is 5.28. The first-order valence-corrected chi connectivity index (χ1v) is 7.32. The van der Waals surface area contributed by atoms with E-state index < -0.39 is 11.6 Å². The minimum Gasteiger partial charge on any atom is -0.316 e. The van der Waals surface area contributed by atoms with E-state index in [-0.39, 0.29) is 11.5 Å². The summed E-state index contributed by atoms with van der Waals surface area (Å²) in [4.78, 5) is 0. The third-order valence-corrected chi connectivity index (χ3v) is 3.74. The molecule has 0 amide bonds. The minimum absolute atomic E-state index is 0.0527. The van der Waals surface area contributed by atoms with E-state index >= 15 is 0 Å². The number of benzene rings is 2. The van der Waals surface area contributed by atoms with Gasteiger partial charge in [-0.05, 0) is 37.1 Å². The average molecular weight is 289 g/mol. The molecule has 21 heavy (non-hydrogen) atoms. The van der Waals surface area contributed by atoms with Crippen molar-refractivity contribution in [2.75, 3.05) is 13.1 Å². The summed E-state index contributed by atoms with van der Waals surface area (Å²) in [7, 11) is 0. The summed E-state index contributed by atoms with van der Waals surface area (Å²) >= 11 is 0. The van der Waals surface area contributed by atoms with Crippen LogP contribution in [0.15, 0.2) is 42.5 Å². The maximum Gasteiger partial charge on any atom is 0.132 e. The van der Waals surface area contributed by atoms with Crippen LogP contribution >= 0.6 is 0 Å². The SMILES string of the molecule is CCNCC(Cc1c(F)ccc(C)c1F)c1ccccc1. The lowest BCUT2D eigenvalue weighted by Gasteiger charge is -2.19. The molecule has 0 aliphatic carbocycles. The van der Waals surface area contributed by atoms with Crippen LogP contribution in [-0.4, -0.2) is 13.1 Å². The summed E-state index contributed by atoms with van der Waals surface area (Å²) in [6, 6.07) is 12.7. The summed E-state index contributed by atoms with van der Waals surface area (Å²) in [5.41, 5.74) is 1.77. The Kier molecular flexibility index (Phi) is 5.45. The van der Waals surface area contributed by atoms with Crippen LogP contribution in [0.1, 0.15) is 29.5 Å². The van der Waals surface area contributed by atoms with Crippen LogP contribution in [0.5, 0.6) is 0 Å². The average Bonchev–Trinajstić information content (AvgIpc) is 2.51. The zero-order valence-corrected chi connectivity index (χ0v) is 12.5. The van der Waals surface area contributed by atoms with Crippen molar-refractivity contribution in [3.8, 4) is 0 Å². The lowest BCUT2D eigenvalue weighted by molar-refractivity contribution is 0.519. The highest BCUT2D eigenvalue weighted by molar-refractivity contribution is 5.30. The molecule has 1 unspecified atom stereocenters. The van der Waals surface area contributed by atoms with Gasteiger partial charge in [0.1, 0.15) is 11.6 Å². The maximum absolute atomic E-state index is 14.2. The molecule has 0 saturated heterocycles. The molecule has 3 heteroatoms. The van der Waals surface area contributed by atoms with Gasteiger partial charge in [-0.1, -0.05) is 43.3 Å². The fourth-order valence-electron chi connectivity index (χ4n) is 2.50. The first-order chi connectivity index (χ1) is 10.1. The molecule has 0 aliphatic rings. The number of halogens is 2. The normalized spacial score (nSPS) is 12.4. The molecule has 2 aromatic carbocycles. The van der Waals surface area contributed by atoms with Crippen LogP contribution in [0.4, 0.5) is 8.78 Å². The third kappa shape index (κ3) is 3.88. The summed E-state index contributed by atoms with van der Waals surface area (Å²) in [5, 5.41) is 3.28. The summed E-state index contributed by atoms with van der Waals surface area (Å²) in [5.74, 6) is -0.833. The van der Waals surface area contributed by atoms with E-state index in [1.54, 1.807) is 6.92 Å². The van der Waals surface area contributed by atoms with Crippen LogP contribution < -0.4 is 5.32 Å². The molecule has 112 valence electrons. The Morgan fingerprint density at radius 3 is 2.43 bits per heavy atom. The van der Waals surface area contributed by atoms with Crippen LogP contribution in [-0.2, 0) is 6.42 Å². The van der Waals surface area contributed by atoms with Gasteiger partial charge >= 0.3 is 0 Å². The minimum atomic E-state index is -0.462. The molecule has 2 aromatic rings. The van der Waals surface area contributed by atoms with Gasteiger partial charge in [0.25, 0.3) is 0 Å². The summed E-state index contributed by atoms with van der Waals surface area (Å²) in [6.45, 7) is 5.23. The molecule has 0 heterocycles. The van der Waals surface area contributed by atoms with E-state index in [0.29, 0.717) is 18.5 Å². The molecular formula is C18H21F2N. The monoisotopic (exact) mass is 289 g/mol. The predicted octanol–water partition coefficient (Wildman–Crippen LogP) is 4.21.